The Hall–Kier alpha value is -3.85. The van der Waals surface area contributed by atoms with Gasteiger partial charge in [-0.3, -0.25) is 0 Å². The highest BCUT2D eigenvalue weighted by Gasteiger charge is 2.28. The summed E-state index contributed by atoms with van der Waals surface area (Å²) in [7, 11) is 0. The highest BCUT2D eigenvalue weighted by molar-refractivity contribution is 5.96. The summed E-state index contributed by atoms with van der Waals surface area (Å²) in [5.41, 5.74) is 8.97. The van der Waals surface area contributed by atoms with Gasteiger partial charge in [-0.1, -0.05) is 91.0 Å². The van der Waals surface area contributed by atoms with E-state index < -0.39 is 0 Å². The zero-order chi connectivity index (χ0) is 22.2. The van der Waals surface area contributed by atoms with Gasteiger partial charge in [-0.2, -0.15) is 0 Å². The number of carbonyl (C=O) groups is 1. The van der Waals surface area contributed by atoms with Crippen LogP contribution in [0.15, 0.2) is 84.9 Å². The van der Waals surface area contributed by atoms with E-state index in [4.69, 9.17) is 4.74 Å². The Morgan fingerprint density at radius 2 is 1.55 bits per heavy atom. The topological polar surface area (TPSA) is 38.3 Å². The van der Waals surface area contributed by atoms with Crippen molar-refractivity contribution in [1.29, 1.82) is 0 Å². The fourth-order valence-electron chi connectivity index (χ4n) is 5.39. The molecule has 2 aliphatic rings. The predicted molar refractivity (Wildman–Crippen MR) is 133 cm³/mol. The molecule has 33 heavy (non-hydrogen) atoms. The van der Waals surface area contributed by atoms with E-state index >= 15 is 0 Å². The summed E-state index contributed by atoms with van der Waals surface area (Å²) in [5, 5.41) is 5.56. The molecule has 1 amide bonds. The summed E-state index contributed by atoms with van der Waals surface area (Å²) in [6, 6.07) is 27.7. The normalized spacial score (nSPS) is 13.9. The number of rotatable bonds is 5. The lowest BCUT2D eigenvalue weighted by atomic mass is 9.98. The van der Waals surface area contributed by atoms with E-state index in [1.807, 2.05) is 18.2 Å². The number of ether oxygens (including phenoxy) is 1. The second-order valence-corrected chi connectivity index (χ2v) is 8.76. The summed E-state index contributed by atoms with van der Waals surface area (Å²) < 4.78 is 5.62. The van der Waals surface area contributed by atoms with Gasteiger partial charge in [0.1, 0.15) is 6.61 Å². The van der Waals surface area contributed by atoms with Crippen molar-refractivity contribution in [1.82, 2.24) is 5.32 Å². The van der Waals surface area contributed by atoms with Gasteiger partial charge >= 0.3 is 6.09 Å². The molecule has 0 spiro atoms. The lowest BCUT2D eigenvalue weighted by Crippen LogP contribution is -2.26. The number of nitrogens with one attached hydrogen (secondary N) is 1. The Balaban J connectivity index is 1.09. The SMILES string of the molecule is O=C(NCC=Cc1ccc2c3c(cccc13)CC2)OCC1c2ccccc2-c2ccccc21. The van der Waals surface area contributed by atoms with Crippen LogP contribution in [0.5, 0.6) is 0 Å². The number of fused-ring (bicyclic) bond motifs is 3. The lowest BCUT2D eigenvalue weighted by Gasteiger charge is -2.14. The third-order valence-corrected chi connectivity index (χ3v) is 6.92. The van der Waals surface area contributed by atoms with Gasteiger partial charge in [0.25, 0.3) is 0 Å². The monoisotopic (exact) mass is 431 g/mol. The Bertz CT molecular complexity index is 1350. The van der Waals surface area contributed by atoms with Gasteiger partial charge in [0.15, 0.2) is 0 Å². The van der Waals surface area contributed by atoms with Crippen LogP contribution in [0, 0.1) is 0 Å². The molecule has 0 unspecified atom stereocenters. The maximum atomic E-state index is 12.4. The number of benzene rings is 4. The van der Waals surface area contributed by atoms with Gasteiger partial charge in [0, 0.05) is 12.5 Å². The fourth-order valence-corrected chi connectivity index (χ4v) is 5.39. The van der Waals surface area contributed by atoms with E-state index in [2.05, 4.69) is 78.1 Å². The molecule has 0 fully saturated rings. The Morgan fingerprint density at radius 3 is 2.30 bits per heavy atom. The molecule has 2 aliphatic carbocycles. The van der Waals surface area contributed by atoms with E-state index in [-0.39, 0.29) is 12.0 Å². The average Bonchev–Trinajstić information content (AvgIpc) is 3.42. The predicted octanol–water partition coefficient (Wildman–Crippen LogP) is 6.49. The van der Waals surface area contributed by atoms with Crippen LogP contribution in [0.3, 0.4) is 0 Å². The molecule has 1 N–H and O–H groups in total. The molecule has 0 aromatic heterocycles. The van der Waals surface area contributed by atoms with Crippen molar-refractivity contribution in [2.75, 3.05) is 13.2 Å². The standard InChI is InChI=1S/C30H25NO2/c32-30(33-19-28-26-11-3-1-9-24(26)25-10-2-4-12-27(25)28)31-18-6-8-20-14-15-22-17-16-21-7-5-13-23(20)29(21)22/h1-15,28H,16-19H2,(H,31,32). The summed E-state index contributed by atoms with van der Waals surface area (Å²) in [6.07, 6.45) is 5.94. The van der Waals surface area contributed by atoms with Crippen molar-refractivity contribution in [2.45, 2.75) is 18.8 Å². The zero-order valence-corrected chi connectivity index (χ0v) is 18.4. The van der Waals surface area contributed by atoms with E-state index in [9.17, 15) is 4.79 Å². The second-order valence-electron chi connectivity index (χ2n) is 8.76. The Labute approximate surface area is 193 Å². The molecule has 0 atom stereocenters. The summed E-state index contributed by atoms with van der Waals surface area (Å²) in [5.74, 6) is 0.0762. The van der Waals surface area contributed by atoms with Crippen LogP contribution in [0.25, 0.3) is 28.0 Å². The molecular weight excluding hydrogens is 406 g/mol. The van der Waals surface area contributed by atoms with Crippen molar-refractivity contribution >= 4 is 22.9 Å². The van der Waals surface area contributed by atoms with Crippen LogP contribution < -0.4 is 5.32 Å². The first-order valence-corrected chi connectivity index (χ1v) is 11.6. The van der Waals surface area contributed by atoms with Crippen LogP contribution >= 0.6 is 0 Å². The van der Waals surface area contributed by atoms with Gasteiger partial charge in [-0.15, -0.1) is 0 Å². The zero-order valence-electron chi connectivity index (χ0n) is 18.4. The van der Waals surface area contributed by atoms with Crippen LogP contribution in [0.1, 0.15) is 33.7 Å². The van der Waals surface area contributed by atoms with Gasteiger partial charge in [0.05, 0.1) is 0 Å². The van der Waals surface area contributed by atoms with Gasteiger partial charge in [0.2, 0.25) is 0 Å². The van der Waals surface area contributed by atoms with Crippen molar-refractivity contribution < 1.29 is 9.53 Å². The Kier molecular flexibility index (Phi) is 4.95. The first-order chi connectivity index (χ1) is 16.3. The molecule has 6 rings (SSSR count). The van der Waals surface area contributed by atoms with Crippen molar-refractivity contribution in [3.05, 3.63) is 113 Å². The van der Waals surface area contributed by atoms with Crippen LogP contribution in [-0.2, 0) is 17.6 Å². The molecule has 0 bridgehead atoms. The summed E-state index contributed by atoms with van der Waals surface area (Å²) in [6.45, 7) is 0.762. The van der Waals surface area contributed by atoms with Crippen LogP contribution in [0.2, 0.25) is 0 Å². The number of alkyl carbamates (subject to hydrolysis) is 1. The summed E-state index contributed by atoms with van der Waals surface area (Å²) >= 11 is 0. The van der Waals surface area contributed by atoms with E-state index in [0.29, 0.717) is 13.2 Å². The largest absolute Gasteiger partial charge is 0.449 e. The number of hydrogen-bond acceptors (Lipinski definition) is 2. The first kappa shape index (κ1) is 19.8. The quantitative estimate of drug-likeness (QED) is 0.392. The lowest BCUT2D eigenvalue weighted by molar-refractivity contribution is 0.144. The fraction of sp³-hybridized carbons (Fsp3) is 0.167. The van der Waals surface area contributed by atoms with Crippen molar-refractivity contribution in [3.63, 3.8) is 0 Å². The van der Waals surface area contributed by atoms with Gasteiger partial charge in [-0.25, -0.2) is 4.79 Å². The molecule has 0 radical (unpaired) electrons. The maximum absolute atomic E-state index is 12.4. The molecule has 4 aromatic rings. The molecule has 0 heterocycles. The highest BCUT2D eigenvalue weighted by Crippen LogP contribution is 2.44. The third-order valence-electron chi connectivity index (χ3n) is 6.92. The highest BCUT2D eigenvalue weighted by atomic mass is 16.5. The molecule has 162 valence electrons. The minimum Gasteiger partial charge on any atom is -0.449 e. The first-order valence-electron chi connectivity index (χ1n) is 11.6. The molecule has 3 nitrogen and oxygen atoms in total. The van der Waals surface area contributed by atoms with Crippen LogP contribution in [-0.4, -0.2) is 19.2 Å². The average molecular weight is 432 g/mol. The number of amides is 1. The minimum absolute atomic E-state index is 0.0762. The molecule has 3 heteroatoms. The molecule has 4 aromatic carbocycles. The maximum Gasteiger partial charge on any atom is 0.407 e. The van der Waals surface area contributed by atoms with E-state index in [1.165, 1.54) is 49.7 Å². The van der Waals surface area contributed by atoms with E-state index in [1.54, 1.807) is 0 Å². The number of hydrogen-bond donors (Lipinski definition) is 1. The minimum atomic E-state index is -0.387. The van der Waals surface area contributed by atoms with Gasteiger partial charge < -0.3 is 10.1 Å². The smallest absolute Gasteiger partial charge is 0.407 e. The van der Waals surface area contributed by atoms with Crippen molar-refractivity contribution in [3.8, 4) is 11.1 Å². The van der Waals surface area contributed by atoms with Crippen molar-refractivity contribution in [2.24, 2.45) is 0 Å². The number of carbonyl (C=O) groups excluding carboxylic acids is 1. The second kappa shape index (κ2) is 8.25. The molecule has 0 saturated carbocycles. The third kappa shape index (κ3) is 3.50. The Morgan fingerprint density at radius 1 is 0.848 bits per heavy atom. The molecular formula is C30H25NO2. The van der Waals surface area contributed by atoms with E-state index in [0.717, 1.165) is 12.8 Å². The molecule has 0 saturated heterocycles. The number of aryl methyl sites for hydroxylation is 2. The molecule has 0 aliphatic heterocycles. The van der Waals surface area contributed by atoms with Gasteiger partial charge in [-0.05, 0) is 62.6 Å². The summed E-state index contributed by atoms with van der Waals surface area (Å²) in [4.78, 5) is 12.4. The van der Waals surface area contributed by atoms with Crippen LogP contribution in [0.4, 0.5) is 4.79 Å².